The van der Waals surface area contributed by atoms with E-state index in [-0.39, 0.29) is 5.92 Å². The van der Waals surface area contributed by atoms with E-state index >= 15 is 0 Å². The number of piperidine rings is 1. The fourth-order valence-electron chi connectivity index (χ4n) is 2.36. The molecule has 92 valence electrons. The molecule has 2 unspecified atom stereocenters. The number of rotatable bonds is 2. The third-order valence-corrected chi connectivity index (χ3v) is 3.23. The van der Waals surface area contributed by atoms with Crippen LogP contribution in [0.25, 0.3) is 0 Å². The van der Waals surface area contributed by atoms with Gasteiger partial charge in [-0.05, 0) is 31.7 Å². The lowest BCUT2D eigenvalue weighted by Crippen LogP contribution is -2.50. The zero-order valence-corrected chi connectivity index (χ0v) is 10.1. The molecule has 0 bridgehead atoms. The molecule has 0 aromatic carbocycles. The molecule has 0 aliphatic carbocycles. The van der Waals surface area contributed by atoms with E-state index in [4.69, 9.17) is 0 Å². The van der Waals surface area contributed by atoms with E-state index in [2.05, 4.69) is 9.97 Å². The van der Waals surface area contributed by atoms with Crippen LogP contribution in [-0.4, -0.2) is 33.6 Å². The Bertz CT molecular complexity index is 422. The summed E-state index contributed by atoms with van der Waals surface area (Å²) < 4.78 is 0. The summed E-state index contributed by atoms with van der Waals surface area (Å²) in [6, 6.07) is 1.30. The van der Waals surface area contributed by atoms with Gasteiger partial charge in [-0.25, -0.2) is 14.8 Å². The number of aryl methyl sites for hydroxylation is 1. The molecule has 0 saturated carbocycles. The Balaban J connectivity index is 2.31. The molecule has 1 saturated heterocycles. The lowest BCUT2D eigenvalue weighted by atomic mass is 9.91. The zero-order valence-electron chi connectivity index (χ0n) is 10.1. The first kappa shape index (κ1) is 11.8. The predicted octanol–water partition coefficient (Wildman–Crippen LogP) is 1.47. The molecule has 1 N–H and O–H groups in total. The maximum absolute atomic E-state index is 11.3. The van der Waals surface area contributed by atoms with Crippen LogP contribution in [0.5, 0.6) is 0 Å². The Morgan fingerprint density at radius 3 is 3.00 bits per heavy atom. The fraction of sp³-hybridized carbons (Fsp3) is 0.583. The second-order valence-electron chi connectivity index (χ2n) is 4.59. The first-order valence-electron chi connectivity index (χ1n) is 5.88. The Hall–Kier alpha value is -1.65. The molecule has 2 heterocycles. The van der Waals surface area contributed by atoms with Crippen molar-refractivity contribution >= 4 is 11.9 Å². The zero-order chi connectivity index (χ0) is 12.4. The van der Waals surface area contributed by atoms with Gasteiger partial charge in [-0.3, -0.25) is 0 Å². The van der Waals surface area contributed by atoms with Gasteiger partial charge in [0.05, 0.1) is 0 Å². The molecule has 1 aromatic heterocycles. The van der Waals surface area contributed by atoms with Crippen molar-refractivity contribution in [2.75, 3.05) is 11.4 Å². The van der Waals surface area contributed by atoms with Crippen LogP contribution in [0.1, 0.15) is 25.5 Å². The minimum atomic E-state index is -0.790. The third-order valence-electron chi connectivity index (χ3n) is 3.23. The van der Waals surface area contributed by atoms with Gasteiger partial charge in [0.25, 0.3) is 0 Å². The number of carbonyl (C=O) groups is 1. The summed E-state index contributed by atoms with van der Waals surface area (Å²) in [6.07, 6.45) is 3.61. The number of aliphatic carboxylic acids is 1. The maximum Gasteiger partial charge on any atom is 0.326 e. The van der Waals surface area contributed by atoms with E-state index in [1.807, 2.05) is 24.8 Å². The monoisotopic (exact) mass is 235 g/mol. The highest BCUT2D eigenvalue weighted by atomic mass is 16.4. The Morgan fingerprint density at radius 2 is 2.35 bits per heavy atom. The van der Waals surface area contributed by atoms with Crippen molar-refractivity contribution in [3.05, 3.63) is 18.0 Å². The molecule has 1 aliphatic heterocycles. The van der Waals surface area contributed by atoms with Gasteiger partial charge in [0, 0.05) is 18.4 Å². The number of nitrogens with zero attached hydrogens (tertiary/aromatic N) is 3. The number of anilines is 1. The number of aromatic nitrogens is 2. The number of hydrogen-bond donors (Lipinski definition) is 1. The van der Waals surface area contributed by atoms with E-state index in [0.29, 0.717) is 12.5 Å². The summed E-state index contributed by atoms with van der Waals surface area (Å²) in [5.74, 6) is -0.128. The van der Waals surface area contributed by atoms with Crippen molar-refractivity contribution < 1.29 is 9.90 Å². The van der Waals surface area contributed by atoms with E-state index in [1.165, 1.54) is 0 Å². The standard InChI is InChI=1S/C12H17N3O2/c1-8-4-3-7-15(10(8)11(16)17)12-13-6-5-9(2)14-12/h5-6,8,10H,3-4,7H2,1-2H3,(H,16,17). The highest BCUT2D eigenvalue weighted by molar-refractivity contribution is 5.78. The van der Waals surface area contributed by atoms with Gasteiger partial charge in [-0.2, -0.15) is 0 Å². The molecule has 0 amide bonds. The lowest BCUT2D eigenvalue weighted by Gasteiger charge is -2.37. The summed E-state index contributed by atoms with van der Waals surface area (Å²) in [5.41, 5.74) is 0.859. The van der Waals surface area contributed by atoms with Crippen LogP contribution in [-0.2, 0) is 4.79 Å². The average Bonchev–Trinajstić information content (AvgIpc) is 2.28. The first-order valence-corrected chi connectivity index (χ1v) is 5.88. The third kappa shape index (κ3) is 2.38. The summed E-state index contributed by atoms with van der Waals surface area (Å²) in [7, 11) is 0. The quantitative estimate of drug-likeness (QED) is 0.841. The van der Waals surface area contributed by atoms with Crippen molar-refractivity contribution in [2.45, 2.75) is 32.7 Å². The van der Waals surface area contributed by atoms with Crippen LogP contribution in [0.4, 0.5) is 5.95 Å². The first-order chi connectivity index (χ1) is 8.09. The van der Waals surface area contributed by atoms with Gasteiger partial charge in [0.15, 0.2) is 0 Å². The second kappa shape index (κ2) is 4.69. The van der Waals surface area contributed by atoms with Crippen LogP contribution < -0.4 is 4.90 Å². The molecule has 1 aromatic rings. The van der Waals surface area contributed by atoms with Crippen LogP contribution >= 0.6 is 0 Å². The predicted molar refractivity (Wildman–Crippen MR) is 63.9 cm³/mol. The molecule has 0 spiro atoms. The smallest absolute Gasteiger partial charge is 0.326 e. The van der Waals surface area contributed by atoms with Crippen molar-refractivity contribution in [3.63, 3.8) is 0 Å². The largest absolute Gasteiger partial charge is 0.480 e. The van der Waals surface area contributed by atoms with Gasteiger partial charge in [0.1, 0.15) is 6.04 Å². The molecule has 5 nitrogen and oxygen atoms in total. The molecule has 2 rings (SSSR count). The minimum Gasteiger partial charge on any atom is -0.480 e. The SMILES string of the molecule is Cc1ccnc(N2CCCC(C)C2C(=O)O)n1. The van der Waals surface area contributed by atoms with Gasteiger partial charge in [0.2, 0.25) is 5.95 Å². The van der Waals surface area contributed by atoms with Gasteiger partial charge in [-0.1, -0.05) is 6.92 Å². The lowest BCUT2D eigenvalue weighted by molar-refractivity contribution is -0.140. The number of hydrogen-bond acceptors (Lipinski definition) is 4. The number of carboxylic acid groups (broad SMARTS) is 1. The van der Waals surface area contributed by atoms with Crippen molar-refractivity contribution in [1.82, 2.24) is 9.97 Å². The van der Waals surface area contributed by atoms with E-state index in [0.717, 1.165) is 18.5 Å². The maximum atomic E-state index is 11.3. The van der Waals surface area contributed by atoms with Crippen LogP contribution in [0.2, 0.25) is 0 Å². The van der Waals surface area contributed by atoms with Crippen molar-refractivity contribution in [2.24, 2.45) is 5.92 Å². The normalized spacial score (nSPS) is 24.7. The van der Waals surface area contributed by atoms with Gasteiger partial charge < -0.3 is 10.0 Å². The average molecular weight is 235 g/mol. The van der Waals surface area contributed by atoms with Crippen LogP contribution in [0.3, 0.4) is 0 Å². The Morgan fingerprint density at radius 1 is 1.59 bits per heavy atom. The minimum absolute atomic E-state index is 0.130. The fourth-order valence-corrected chi connectivity index (χ4v) is 2.36. The van der Waals surface area contributed by atoms with Crippen molar-refractivity contribution in [1.29, 1.82) is 0 Å². The Labute approximate surface area is 100 Å². The summed E-state index contributed by atoms with van der Waals surface area (Å²) in [6.45, 7) is 4.57. The van der Waals surface area contributed by atoms with Crippen LogP contribution in [0, 0.1) is 12.8 Å². The summed E-state index contributed by atoms with van der Waals surface area (Å²) >= 11 is 0. The van der Waals surface area contributed by atoms with Gasteiger partial charge in [-0.15, -0.1) is 0 Å². The molecule has 2 atom stereocenters. The highest BCUT2D eigenvalue weighted by Gasteiger charge is 2.35. The van der Waals surface area contributed by atoms with Crippen molar-refractivity contribution in [3.8, 4) is 0 Å². The highest BCUT2D eigenvalue weighted by Crippen LogP contribution is 2.26. The molecule has 17 heavy (non-hydrogen) atoms. The topological polar surface area (TPSA) is 66.3 Å². The number of carboxylic acids is 1. The molecule has 5 heteroatoms. The molecule has 0 radical (unpaired) electrons. The molecular formula is C12H17N3O2. The second-order valence-corrected chi connectivity index (χ2v) is 4.59. The molecule has 1 aliphatic rings. The van der Waals surface area contributed by atoms with E-state index in [1.54, 1.807) is 6.20 Å². The van der Waals surface area contributed by atoms with E-state index in [9.17, 15) is 9.90 Å². The van der Waals surface area contributed by atoms with Crippen LogP contribution in [0.15, 0.2) is 12.3 Å². The summed E-state index contributed by atoms with van der Waals surface area (Å²) in [4.78, 5) is 21.6. The summed E-state index contributed by atoms with van der Waals surface area (Å²) in [5, 5.41) is 9.31. The Kier molecular flexibility index (Phi) is 3.26. The molecular weight excluding hydrogens is 218 g/mol. The van der Waals surface area contributed by atoms with Gasteiger partial charge >= 0.3 is 5.97 Å². The van der Waals surface area contributed by atoms with E-state index < -0.39 is 12.0 Å². The molecule has 1 fully saturated rings.